The number of hydrogen-bond acceptors (Lipinski definition) is 5. The Labute approximate surface area is 153 Å². The molecule has 0 bridgehead atoms. The number of pyridine rings is 1. The molecular formula is C19H26N4O3. The van der Waals surface area contributed by atoms with Crippen LogP contribution in [0.5, 0.6) is 0 Å². The first-order valence-electron chi connectivity index (χ1n) is 9.56. The lowest BCUT2D eigenvalue weighted by atomic mass is 10.1. The number of carbonyl (C=O) groups is 2. The minimum absolute atomic E-state index is 0.0873. The number of carboxylic acid groups (broad SMARTS) is 1. The van der Waals surface area contributed by atoms with Gasteiger partial charge in [0.2, 0.25) is 5.91 Å². The normalized spacial score (nSPS) is 26.5. The number of nitrogens with one attached hydrogen (secondary N) is 2. The summed E-state index contributed by atoms with van der Waals surface area (Å²) in [5, 5.41) is 15.2. The largest absolute Gasteiger partial charge is 0.480 e. The van der Waals surface area contributed by atoms with E-state index in [2.05, 4.69) is 27.8 Å². The van der Waals surface area contributed by atoms with Crippen molar-refractivity contribution < 1.29 is 14.7 Å². The smallest absolute Gasteiger partial charge is 0.317 e. The molecule has 2 aliphatic heterocycles. The van der Waals surface area contributed by atoms with Gasteiger partial charge in [0.05, 0.1) is 6.54 Å². The molecule has 1 aliphatic carbocycles. The molecule has 140 valence electrons. The first kappa shape index (κ1) is 17.3. The van der Waals surface area contributed by atoms with E-state index in [0.717, 1.165) is 56.8 Å². The number of carbonyl (C=O) groups excluding carboxylic acids is 1. The van der Waals surface area contributed by atoms with Gasteiger partial charge >= 0.3 is 5.97 Å². The molecule has 1 saturated heterocycles. The monoisotopic (exact) mass is 358 g/mol. The van der Waals surface area contributed by atoms with Crippen molar-refractivity contribution in [2.75, 3.05) is 38.0 Å². The number of hydrogen-bond donors (Lipinski definition) is 3. The molecule has 7 heteroatoms. The zero-order valence-corrected chi connectivity index (χ0v) is 14.9. The Morgan fingerprint density at radius 1 is 1.31 bits per heavy atom. The van der Waals surface area contributed by atoms with E-state index in [9.17, 15) is 9.59 Å². The SMILES string of the molecule is O=C(O)CN1CC2C(C1)C2C(=O)NCCCc1ccc2c(n1)NCCC2. The molecule has 26 heavy (non-hydrogen) atoms. The summed E-state index contributed by atoms with van der Waals surface area (Å²) in [7, 11) is 0. The molecule has 3 heterocycles. The van der Waals surface area contributed by atoms with E-state index < -0.39 is 5.97 Å². The standard InChI is InChI=1S/C19H26N4O3/c24-16(25)11-23-9-14-15(10-23)17(14)19(26)21-8-2-4-13-6-5-12-3-1-7-20-18(12)22-13/h5-6,14-15,17H,1-4,7-11H2,(H,20,22)(H,21,26)(H,24,25). The highest BCUT2D eigenvalue weighted by Gasteiger charge is 2.59. The summed E-state index contributed by atoms with van der Waals surface area (Å²) < 4.78 is 0. The fraction of sp³-hybridized carbons (Fsp3) is 0.632. The van der Waals surface area contributed by atoms with Crippen LogP contribution in [0.15, 0.2) is 12.1 Å². The summed E-state index contributed by atoms with van der Waals surface area (Å²) in [5.74, 6) is 1.15. The number of carboxylic acids is 1. The molecule has 1 aromatic rings. The number of likely N-dealkylation sites (tertiary alicyclic amines) is 1. The molecule has 0 radical (unpaired) electrons. The first-order valence-corrected chi connectivity index (χ1v) is 9.56. The number of fused-ring (bicyclic) bond motifs is 2. The molecule has 4 rings (SSSR count). The molecule has 2 fully saturated rings. The number of amides is 1. The van der Waals surface area contributed by atoms with E-state index in [1.54, 1.807) is 0 Å². The van der Waals surface area contributed by atoms with Gasteiger partial charge in [0.15, 0.2) is 0 Å². The van der Waals surface area contributed by atoms with E-state index >= 15 is 0 Å². The molecule has 0 spiro atoms. The summed E-state index contributed by atoms with van der Waals surface area (Å²) in [5.41, 5.74) is 2.37. The van der Waals surface area contributed by atoms with Gasteiger partial charge in [0.25, 0.3) is 0 Å². The van der Waals surface area contributed by atoms with Gasteiger partial charge in [0.1, 0.15) is 5.82 Å². The van der Waals surface area contributed by atoms with Crippen molar-refractivity contribution in [1.82, 2.24) is 15.2 Å². The average molecular weight is 358 g/mol. The minimum Gasteiger partial charge on any atom is -0.480 e. The maximum absolute atomic E-state index is 12.3. The topological polar surface area (TPSA) is 94.6 Å². The van der Waals surface area contributed by atoms with E-state index in [1.807, 2.05) is 4.90 Å². The molecule has 3 aliphatic rings. The van der Waals surface area contributed by atoms with Gasteiger partial charge in [0, 0.05) is 37.8 Å². The Bertz CT molecular complexity index is 696. The quantitative estimate of drug-likeness (QED) is 0.623. The van der Waals surface area contributed by atoms with Gasteiger partial charge in [-0.1, -0.05) is 6.07 Å². The van der Waals surface area contributed by atoms with E-state index in [1.165, 1.54) is 5.56 Å². The second-order valence-electron chi connectivity index (χ2n) is 7.68. The number of aliphatic carboxylic acids is 1. The van der Waals surface area contributed by atoms with Crippen LogP contribution < -0.4 is 10.6 Å². The average Bonchev–Trinajstić information content (AvgIpc) is 3.14. The summed E-state index contributed by atoms with van der Waals surface area (Å²) in [6.45, 7) is 3.22. The molecular weight excluding hydrogens is 332 g/mol. The molecule has 7 nitrogen and oxygen atoms in total. The fourth-order valence-corrected chi connectivity index (χ4v) is 4.43. The van der Waals surface area contributed by atoms with Crippen molar-refractivity contribution >= 4 is 17.7 Å². The number of nitrogens with zero attached hydrogens (tertiary/aromatic N) is 2. The Balaban J connectivity index is 1.16. The maximum Gasteiger partial charge on any atom is 0.317 e. The van der Waals surface area contributed by atoms with Gasteiger partial charge in [-0.15, -0.1) is 0 Å². The molecule has 2 unspecified atom stereocenters. The highest BCUT2D eigenvalue weighted by atomic mass is 16.4. The zero-order chi connectivity index (χ0) is 18.1. The molecule has 0 aromatic carbocycles. The Hall–Kier alpha value is -2.15. The van der Waals surface area contributed by atoms with E-state index in [-0.39, 0.29) is 18.4 Å². The lowest BCUT2D eigenvalue weighted by molar-refractivity contribution is -0.138. The molecule has 2 atom stereocenters. The van der Waals surface area contributed by atoms with E-state index in [0.29, 0.717) is 18.4 Å². The van der Waals surface area contributed by atoms with Crippen LogP contribution in [0.4, 0.5) is 5.82 Å². The van der Waals surface area contributed by atoms with Crippen LogP contribution in [-0.2, 0) is 22.4 Å². The van der Waals surface area contributed by atoms with Crippen LogP contribution in [0.3, 0.4) is 0 Å². The van der Waals surface area contributed by atoms with Crippen LogP contribution in [0.2, 0.25) is 0 Å². The first-order chi connectivity index (χ1) is 12.6. The van der Waals surface area contributed by atoms with Crippen molar-refractivity contribution in [2.24, 2.45) is 17.8 Å². The van der Waals surface area contributed by atoms with Gasteiger partial charge in [-0.2, -0.15) is 0 Å². The van der Waals surface area contributed by atoms with Gasteiger partial charge < -0.3 is 15.7 Å². The summed E-state index contributed by atoms with van der Waals surface area (Å²) in [6.07, 6.45) is 4.00. The Kier molecular flexibility index (Phi) is 4.80. The predicted molar refractivity (Wildman–Crippen MR) is 96.9 cm³/mol. The maximum atomic E-state index is 12.3. The summed E-state index contributed by atoms with van der Waals surface area (Å²) >= 11 is 0. The van der Waals surface area contributed by atoms with Crippen molar-refractivity contribution in [3.8, 4) is 0 Å². The number of aryl methyl sites for hydroxylation is 2. The third kappa shape index (κ3) is 3.67. The second-order valence-corrected chi connectivity index (χ2v) is 7.68. The fourth-order valence-electron chi connectivity index (χ4n) is 4.43. The van der Waals surface area contributed by atoms with Crippen molar-refractivity contribution in [2.45, 2.75) is 25.7 Å². The summed E-state index contributed by atoms with van der Waals surface area (Å²) in [4.78, 5) is 29.6. The number of rotatable bonds is 7. The number of anilines is 1. The predicted octanol–water partition coefficient (Wildman–Crippen LogP) is 0.751. The molecule has 1 saturated carbocycles. The second kappa shape index (κ2) is 7.23. The van der Waals surface area contributed by atoms with Crippen LogP contribution in [0, 0.1) is 17.8 Å². The molecule has 1 aromatic heterocycles. The molecule has 3 N–H and O–H groups in total. The third-order valence-corrected chi connectivity index (χ3v) is 5.79. The van der Waals surface area contributed by atoms with Crippen LogP contribution in [0.25, 0.3) is 0 Å². The highest BCUT2D eigenvalue weighted by molar-refractivity contribution is 5.82. The van der Waals surface area contributed by atoms with E-state index in [4.69, 9.17) is 5.11 Å². The van der Waals surface area contributed by atoms with Crippen molar-refractivity contribution in [1.29, 1.82) is 0 Å². The van der Waals surface area contributed by atoms with Gasteiger partial charge in [-0.25, -0.2) is 4.98 Å². The number of piperidine rings is 1. The minimum atomic E-state index is -0.793. The van der Waals surface area contributed by atoms with Crippen molar-refractivity contribution in [3.63, 3.8) is 0 Å². The molecule has 1 amide bonds. The van der Waals surface area contributed by atoms with Crippen molar-refractivity contribution in [3.05, 3.63) is 23.4 Å². The Morgan fingerprint density at radius 3 is 2.88 bits per heavy atom. The van der Waals surface area contributed by atoms with Gasteiger partial charge in [-0.3, -0.25) is 14.5 Å². The van der Waals surface area contributed by atoms with Gasteiger partial charge in [-0.05, 0) is 49.1 Å². The van der Waals surface area contributed by atoms with Crippen LogP contribution in [-0.4, -0.2) is 59.6 Å². The zero-order valence-electron chi connectivity index (χ0n) is 14.9. The number of aromatic nitrogens is 1. The van der Waals surface area contributed by atoms with Crippen LogP contribution in [0.1, 0.15) is 24.1 Å². The highest BCUT2D eigenvalue weighted by Crippen LogP contribution is 2.51. The summed E-state index contributed by atoms with van der Waals surface area (Å²) in [6, 6.07) is 4.26. The Morgan fingerprint density at radius 2 is 2.12 bits per heavy atom. The lowest BCUT2D eigenvalue weighted by Gasteiger charge is -2.17. The third-order valence-electron chi connectivity index (χ3n) is 5.79. The van der Waals surface area contributed by atoms with Crippen LogP contribution >= 0.6 is 0 Å². The lowest BCUT2D eigenvalue weighted by Crippen LogP contribution is -2.34.